The third-order valence-electron chi connectivity index (χ3n) is 2.76. The molecule has 1 aromatic carbocycles. The van der Waals surface area contributed by atoms with Crippen LogP contribution in [-0.2, 0) is 0 Å². The van der Waals surface area contributed by atoms with Gasteiger partial charge in [0, 0.05) is 0 Å². The van der Waals surface area contributed by atoms with Crippen molar-refractivity contribution >= 4 is 0 Å². The molecule has 0 aliphatic carbocycles. The van der Waals surface area contributed by atoms with Crippen molar-refractivity contribution in [2.45, 2.75) is 39.5 Å². The molecule has 0 saturated carbocycles. The van der Waals surface area contributed by atoms with Crippen LogP contribution in [0.15, 0.2) is 48.6 Å². The predicted octanol–water partition coefficient (Wildman–Crippen LogP) is 5.16. The molecule has 0 unspecified atom stereocenters. The Kier molecular flexibility index (Phi) is 9.12. The molecule has 0 amide bonds. The summed E-state index contributed by atoms with van der Waals surface area (Å²) in [5.41, 5.74) is 0. The summed E-state index contributed by atoms with van der Waals surface area (Å²) in [4.78, 5) is 0. The predicted molar refractivity (Wildman–Crippen MR) is 85.5 cm³/mol. The summed E-state index contributed by atoms with van der Waals surface area (Å²) >= 11 is 0. The van der Waals surface area contributed by atoms with Gasteiger partial charge in [-0.1, -0.05) is 51.0 Å². The highest BCUT2D eigenvalue weighted by Gasteiger charge is 1.94. The molecule has 0 N–H and O–H groups in total. The van der Waals surface area contributed by atoms with Crippen LogP contribution in [0.2, 0.25) is 0 Å². The van der Waals surface area contributed by atoms with Crippen LogP contribution >= 0.6 is 0 Å². The molecule has 1 rings (SSSR count). The van der Waals surface area contributed by atoms with Crippen molar-refractivity contribution in [2.24, 2.45) is 0 Å². The fraction of sp³-hybridized carbons (Fsp3) is 0.444. The van der Waals surface area contributed by atoms with Gasteiger partial charge in [0.05, 0.1) is 0 Å². The highest BCUT2D eigenvalue weighted by molar-refractivity contribution is 5.31. The molecule has 0 radical (unpaired) electrons. The van der Waals surface area contributed by atoms with Crippen molar-refractivity contribution in [3.8, 4) is 11.5 Å². The molecule has 0 saturated heterocycles. The molecule has 0 atom stereocenters. The van der Waals surface area contributed by atoms with Crippen LogP contribution in [-0.4, -0.2) is 13.2 Å². The molecule has 0 aromatic heterocycles. The zero-order valence-electron chi connectivity index (χ0n) is 12.7. The van der Waals surface area contributed by atoms with Gasteiger partial charge in [0.2, 0.25) is 0 Å². The SMILES string of the molecule is CCC/C=C/COc1ccc(OC/C=C/CCC)cc1. The third kappa shape index (κ3) is 7.67. The summed E-state index contributed by atoms with van der Waals surface area (Å²) in [6.45, 7) is 5.59. The monoisotopic (exact) mass is 274 g/mol. The summed E-state index contributed by atoms with van der Waals surface area (Å²) in [5.74, 6) is 1.75. The smallest absolute Gasteiger partial charge is 0.120 e. The number of benzene rings is 1. The van der Waals surface area contributed by atoms with Crippen molar-refractivity contribution < 1.29 is 9.47 Å². The number of allylic oxidation sites excluding steroid dienone is 2. The number of hydrogen-bond donors (Lipinski definition) is 0. The minimum absolute atomic E-state index is 0.625. The zero-order chi connectivity index (χ0) is 14.5. The van der Waals surface area contributed by atoms with Gasteiger partial charge in [0.25, 0.3) is 0 Å². The van der Waals surface area contributed by atoms with Crippen LogP contribution in [0.4, 0.5) is 0 Å². The molecule has 0 heterocycles. The standard InChI is InChI=1S/C18H26O2/c1-3-5-7-9-15-19-17-11-13-18(14-12-17)20-16-10-8-6-4-2/h7-14H,3-6,15-16H2,1-2H3/b9-7+,10-8+. The van der Waals surface area contributed by atoms with Crippen molar-refractivity contribution in [3.63, 3.8) is 0 Å². The van der Waals surface area contributed by atoms with Gasteiger partial charge < -0.3 is 9.47 Å². The first-order valence-corrected chi connectivity index (χ1v) is 7.52. The Hall–Kier alpha value is -1.70. The largest absolute Gasteiger partial charge is 0.490 e. The first-order valence-electron chi connectivity index (χ1n) is 7.52. The molecule has 2 heteroatoms. The van der Waals surface area contributed by atoms with E-state index in [4.69, 9.17) is 9.47 Å². The zero-order valence-corrected chi connectivity index (χ0v) is 12.7. The molecule has 0 fully saturated rings. The van der Waals surface area contributed by atoms with Gasteiger partial charge in [-0.05, 0) is 37.1 Å². The minimum Gasteiger partial charge on any atom is -0.490 e. The van der Waals surface area contributed by atoms with Gasteiger partial charge in [-0.25, -0.2) is 0 Å². The van der Waals surface area contributed by atoms with E-state index in [1.165, 1.54) is 12.8 Å². The maximum atomic E-state index is 5.61. The number of rotatable bonds is 10. The average Bonchev–Trinajstić information content (AvgIpc) is 2.48. The second-order valence-electron chi connectivity index (χ2n) is 4.61. The van der Waals surface area contributed by atoms with Crippen LogP contribution < -0.4 is 9.47 Å². The minimum atomic E-state index is 0.625. The van der Waals surface area contributed by atoms with Gasteiger partial charge in [0.15, 0.2) is 0 Å². The maximum absolute atomic E-state index is 5.61. The molecule has 110 valence electrons. The number of ether oxygens (including phenoxy) is 2. The van der Waals surface area contributed by atoms with Crippen molar-refractivity contribution in [1.29, 1.82) is 0 Å². The van der Waals surface area contributed by atoms with E-state index in [0.29, 0.717) is 13.2 Å². The molecule has 2 nitrogen and oxygen atoms in total. The normalized spacial score (nSPS) is 11.3. The Morgan fingerprint density at radius 3 is 1.45 bits per heavy atom. The van der Waals surface area contributed by atoms with E-state index in [1.807, 2.05) is 24.3 Å². The summed E-state index contributed by atoms with van der Waals surface area (Å²) < 4.78 is 11.2. The molecule has 0 spiro atoms. The third-order valence-corrected chi connectivity index (χ3v) is 2.76. The van der Waals surface area contributed by atoms with Crippen LogP contribution in [0.25, 0.3) is 0 Å². The van der Waals surface area contributed by atoms with Crippen LogP contribution in [0.1, 0.15) is 39.5 Å². The average molecular weight is 274 g/mol. The van der Waals surface area contributed by atoms with Crippen LogP contribution in [0, 0.1) is 0 Å². The number of hydrogen-bond acceptors (Lipinski definition) is 2. The van der Waals surface area contributed by atoms with Gasteiger partial charge in [-0.15, -0.1) is 0 Å². The van der Waals surface area contributed by atoms with Crippen LogP contribution in [0.3, 0.4) is 0 Å². The number of unbranched alkanes of at least 4 members (excludes halogenated alkanes) is 2. The van der Waals surface area contributed by atoms with Crippen molar-refractivity contribution in [3.05, 3.63) is 48.6 Å². The van der Waals surface area contributed by atoms with Gasteiger partial charge in [-0.2, -0.15) is 0 Å². The molecule has 0 aliphatic heterocycles. The van der Waals surface area contributed by atoms with Gasteiger partial charge in [0.1, 0.15) is 24.7 Å². The fourth-order valence-corrected chi connectivity index (χ4v) is 1.63. The molecule has 1 aromatic rings. The summed E-state index contributed by atoms with van der Waals surface area (Å²) in [7, 11) is 0. The Morgan fingerprint density at radius 2 is 1.10 bits per heavy atom. The lowest BCUT2D eigenvalue weighted by Crippen LogP contribution is -1.95. The van der Waals surface area contributed by atoms with E-state index in [0.717, 1.165) is 24.3 Å². The van der Waals surface area contributed by atoms with Crippen molar-refractivity contribution in [1.82, 2.24) is 0 Å². The van der Waals surface area contributed by atoms with Gasteiger partial charge >= 0.3 is 0 Å². The second kappa shape index (κ2) is 11.2. The Labute approximate surface area is 123 Å². The van der Waals surface area contributed by atoms with E-state index in [-0.39, 0.29) is 0 Å². The van der Waals surface area contributed by atoms with Crippen molar-refractivity contribution in [2.75, 3.05) is 13.2 Å². The van der Waals surface area contributed by atoms with Crippen LogP contribution in [0.5, 0.6) is 11.5 Å². The van der Waals surface area contributed by atoms with Gasteiger partial charge in [-0.3, -0.25) is 0 Å². The summed E-state index contributed by atoms with van der Waals surface area (Å²) in [5, 5.41) is 0. The first kappa shape index (κ1) is 16.4. The van der Waals surface area contributed by atoms with E-state index in [1.54, 1.807) is 0 Å². The topological polar surface area (TPSA) is 18.5 Å². The fourth-order valence-electron chi connectivity index (χ4n) is 1.63. The summed E-state index contributed by atoms with van der Waals surface area (Å²) in [6.07, 6.45) is 13.0. The molecule has 20 heavy (non-hydrogen) atoms. The molecular weight excluding hydrogens is 248 g/mol. The molecule has 0 bridgehead atoms. The highest BCUT2D eigenvalue weighted by Crippen LogP contribution is 2.17. The lowest BCUT2D eigenvalue weighted by molar-refractivity contribution is 0.352. The lowest BCUT2D eigenvalue weighted by atomic mass is 10.3. The summed E-state index contributed by atoms with van der Waals surface area (Å²) in [6, 6.07) is 7.77. The second-order valence-corrected chi connectivity index (χ2v) is 4.61. The lowest BCUT2D eigenvalue weighted by Gasteiger charge is -2.06. The maximum Gasteiger partial charge on any atom is 0.120 e. The van der Waals surface area contributed by atoms with E-state index in [9.17, 15) is 0 Å². The Bertz CT molecular complexity index is 351. The Balaban J connectivity index is 2.25. The Morgan fingerprint density at radius 1 is 0.700 bits per heavy atom. The molecule has 0 aliphatic rings. The van der Waals surface area contributed by atoms with E-state index >= 15 is 0 Å². The quantitative estimate of drug-likeness (QED) is 0.549. The first-order chi connectivity index (χ1) is 9.86. The highest BCUT2D eigenvalue weighted by atomic mass is 16.5. The van der Waals surface area contributed by atoms with E-state index in [2.05, 4.69) is 38.2 Å². The van der Waals surface area contributed by atoms with E-state index < -0.39 is 0 Å². The molecular formula is C18H26O2.